The van der Waals surface area contributed by atoms with E-state index in [0.717, 1.165) is 25.1 Å². The number of carbonyl (C=O) groups excluding carboxylic acids is 1. The number of rotatable bonds is 5. The highest BCUT2D eigenvalue weighted by Gasteiger charge is 2.18. The van der Waals surface area contributed by atoms with Crippen LogP contribution < -0.4 is 5.32 Å². The molecule has 1 aliphatic rings. The van der Waals surface area contributed by atoms with E-state index in [2.05, 4.69) is 5.32 Å². The van der Waals surface area contributed by atoms with Crippen LogP contribution in [0.15, 0.2) is 18.2 Å². The Hall–Kier alpha value is -0.770. The van der Waals surface area contributed by atoms with E-state index < -0.39 is 0 Å². The van der Waals surface area contributed by atoms with Gasteiger partial charge in [-0.25, -0.2) is 0 Å². The fourth-order valence-electron chi connectivity index (χ4n) is 2.49. The summed E-state index contributed by atoms with van der Waals surface area (Å²) >= 11 is 12.3. The van der Waals surface area contributed by atoms with E-state index in [1.807, 2.05) is 6.07 Å². The third-order valence-corrected chi connectivity index (χ3v) is 4.52. The van der Waals surface area contributed by atoms with Crippen molar-refractivity contribution in [3.63, 3.8) is 0 Å². The quantitative estimate of drug-likeness (QED) is 0.904. The summed E-state index contributed by atoms with van der Waals surface area (Å²) in [6.45, 7) is 2.57. The lowest BCUT2D eigenvalue weighted by Crippen LogP contribution is -2.27. The summed E-state index contributed by atoms with van der Waals surface area (Å²) in [7, 11) is 1.80. The molecule has 1 atom stereocenters. The zero-order valence-corrected chi connectivity index (χ0v) is 13.2. The average Bonchev–Trinajstić information content (AvgIpc) is 2.93. The van der Waals surface area contributed by atoms with Gasteiger partial charge in [-0.1, -0.05) is 29.3 Å². The molecule has 5 heteroatoms. The van der Waals surface area contributed by atoms with Gasteiger partial charge in [0.05, 0.1) is 0 Å². The molecule has 1 aromatic rings. The van der Waals surface area contributed by atoms with Crippen LogP contribution in [0, 0.1) is 5.92 Å². The van der Waals surface area contributed by atoms with Crippen molar-refractivity contribution in [1.29, 1.82) is 0 Å². The molecular weight excluding hydrogens is 295 g/mol. The molecule has 0 radical (unpaired) electrons. The van der Waals surface area contributed by atoms with Gasteiger partial charge in [-0.15, -0.1) is 0 Å². The molecule has 0 aliphatic carbocycles. The second-order valence-corrected chi connectivity index (χ2v) is 6.16. The molecule has 1 heterocycles. The topological polar surface area (TPSA) is 32.3 Å². The Morgan fingerprint density at radius 3 is 2.70 bits per heavy atom. The van der Waals surface area contributed by atoms with E-state index in [1.54, 1.807) is 24.1 Å². The second-order valence-electron chi connectivity index (χ2n) is 5.35. The van der Waals surface area contributed by atoms with Gasteiger partial charge < -0.3 is 10.2 Å². The fourth-order valence-corrected chi connectivity index (χ4v) is 3.00. The highest BCUT2D eigenvalue weighted by Crippen LogP contribution is 2.25. The first kappa shape index (κ1) is 15.6. The van der Waals surface area contributed by atoms with Crippen molar-refractivity contribution in [2.75, 3.05) is 20.1 Å². The van der Waals surface area contributed by atoms with E-state index in [0.29, 0.717) is 28.9 Å². The Bertz CT molecular complexity index is 453. The molecule has 1 aliphatic heterocycles. The second kappa shape index (κ2) is 7.30. The van der Waals surface area contributed by atoms with Crippen LogP contribution in [0.5, 0.6) is 0 Å². The average molecular weight is 315 g/mol. The Balaban J connectivity index is 1.87. The van der Waals surface area contributed by atoms with E-state index in [1.165, 1.54) is 6.42 Å². The van der Waals surface area contributed by atoms with Crippen LogP contribution in [0.3, 0.4) is 0 Å². The molecule has 1 fully saturated rings. The van der Waals surface area contributed by atoms with Gasteiger partial charge in [0.25, 0.3) is 0 Å². The number of amides is 1. The van der Waals surface area contributed by atoms with Crippen molar-refractivity contribution >= 4 is 29.1 Å². The van der Waals surface area contributed by atoms with Crippen LogP contribution >= 0.6 is 23.2 Å². The molecule has 20 heavy (non-hydrogen) atoms. The van der Waals surface area contributed by atoms with Crippen LogP contribution in [-0.4, -0.2) is 30.9 Å². The SMILES string of the molecule is CN(Cc1c(Cl)cccc1Cl)C(=O)CCC1CCNC1. The minimum Gasteiger partial charge on any atom is -0.341 e. The van der Waals surface area contributed by atoms with Gasteiger partial charge >= 0.3 is 0 Å². The summed E-state index contributed by atoms with van der Waals surface area (Å²) in [5.74, 6) is 0.782. The first-order valence-electron chi connectivity index (χ1n) is 6.95. The van der Waals surface area contributed by atoms with Crippen LogP contribution in [-0.2, 0) is 11.3 Å². The molecule has 1 saturated heterocycles. The Morgan fingerprint density at radius 1 is 1.40 bits per heavy atom. The van der Waals surface area contributed by atoms with Crippen LogP contribution in [0.25, 0.3) is 0 Å². The van der Waals surface area contributed by atoms with Gasteiger partial charge in [0, 0.05) is 35.6 Å². The minimum absolute atomic E-state index is 0.146. The molecule has 0 saturated carbocycles. The lowest BCUT2D eigenvalue weighted by atomic mass is 10.0. The number of halogens is 2. The first-order chi connectivity index (χ1) is 9.58. The van der Waals surface area contributed by atoms with Crippen molar-refractivity contribution in [1.82, 2.24) is 10.2 Å². The third kappa shape index (κ3) is 4.11. The zero-order chi connectivity index (χ0) is 14.5. The lowest BCUT2D eigenvalue weighted by Gasteiger charge is -2.19. The van der Waals surface area contributed by atoms with E-state index in [4.69, 9.17) is 23.2 Å². The highest BCUT2D eigenvalue weighted by molar-refractivity contribution is 6.36. The normalized spacial score (nSPS) is 18.2. The maximum absolute atomic E-state index is 12.1. The molecule has 110 valence electrons. The Labute approximate surface area is 130 Å². The fraction of sp³-hybridized carbons (Fsp3) is 0.533. The van der Waals surface area contributed by atoms with Crippen molar-refractivity contribution in [2.24, 2.45) is 5.92 Å². The van der Waals surface area contributed by atoms with Crippen molar-refractivity contribution in [3.8, 4) is 0 Å². The van der Waals surface area contributed by atoms with Crippen molar-refractivity contribution in [2.45, 2.75) is 25.8 Å². The molecule has 1 aromatic carbocycles. The molecule has 0 aromatic heterocycles. The number of nitrogens with one attached hydrogen (secondary N) is 1. The van der Waals surface area contributed by atoms with Crippen molar-refractivity contribution in [3.05, 3.63) is 33.8 Å². The maximum atomic E-state index is 12.1. The van der Waals surface area contributed by atoms with Crippen molar-refractivity contribution < 1.29 is 4.79 Å². The van der Waals surface area contributed by atoms with Gasteiger partial charge in [0.15, 0.2) is 0 Å². The van der Waals surface area contributed by atoms with Crippen LogP contribution in [0.4, 0.5) is 0 Å². The number of hydrogen-bond donors (Lipinski definition) is 1. The largest absolute Gasteiger partial charge is 0.341 e. The zero-order valence-electron chi connectivity index (χ0n) is 11.7. The number of hydrogen-bond acceptors (Lipinski definition) is 2. The van der Waals surface area contributed by atoms with Gasteiger partial charge in [0.2, 0.25) is 5.91 Å². The van der Waals surface area contributed by atoms with Gasteiger partial charge in [-0.3, -0.25) is 4.79 Å². The lowest BCUT2D eigenvalue weighted by molar-refractivity contribution is -0.130. The first-order valence-corrected chi connectivity index (χ1v) is 7.71. The molecule has 1 unspecified atom stereocenters. The van der Waals surface area contributed by atoms with Gasteiger partial charge in [0.1, 0.15) is 0 Å². The van der Waals surface area contributed by atoms with Crippen LogP contribution in [0.1, 0.15) is 24.8 Å². The summed E-state index contributed by atoms with van der Waals surface area (Å²) < 4.78 is 0. The summed E-state index contributed by atoms with van der Waals surface area (Å²) in [6.07, 6.45) is 2.71. The summed E-state index contributed by atoms with van der Waals surface area (Å²) in [5, 5.41) is 4.54. The molecule has 3 nitrogen and oxygen atoms in total. The van der Waals surface area contributed by atoms with E-state index >= 15 is 0 Å². The predicted octanol–water partition coefficient (Wildman–Crippen LogP) is 3.34. The van der Waals surface area contributed by atoms with E-state index in [9.17, 15) is 4.79 Å². The Morgan fingerprint density at radius 2 is 2.10 bits per heavy atom. The Kier molecular flexibility index (Phi) is 5.70. The summed E-state index contributed by atoms with van der Waals surface area (Å²) in [4.78, 5) is 13.8. The van der Waals surface area contributed by atoms with Gasteiger partial charge in [-0.2, -0.15) is 0 Å². The smallest absolute Gasteiger partial charge is 0.222 e. The standard InChI is InChI=1S/C15H20Cl2N2O/c1-19(10-12-13(16)3-2-4-14(12)17)15(20)6-5-11-7-8-18-9-11/h2-4,11,18H,5-10H2,1H3. The minimum atomic E-state index is 0.146. The number of carbonyl (C=O) groups is 1. The molecule has 1 amide bonds. The maximum Gasteiger partial charge on any atom is 0.222 e. The van der Waals surface area contributed by atoms with E-state index in [-0.39, 0.29) is 5.91 Å². The number of benzene rings is 1. The third-order valence-electron chi connectivity index (χ3n) is 3.81. The molecule has 0 bridgehead atoms. The summed E-state index contributed by atoms with van der Waals surface area (Å²) in [6, 6.07) is 5.40. The monoisotopic (exact) mass is 314 g/mol. The number of nitrogens with zero attached hydrogens (tertiary/aromatic N) is 1. The molecule has 2 rings (SSSR count). The molecule has 1 N–H and O–H groups in total. The highest BCUT2D eigenvalue weighted by atomic mass is 35.5. The van der Waals surface area contributed by atoms with Crippen LogP contribution in [0.2, 0.25) is 10.0 Å². The predicted molar refractivity (Wildman–Crippen MR) is 83.1 cm³/mol. The van der Waals surface area contributed by atoms with Gasteiger partial charge in [-0.05, 0) is 44.0 Å². The summed E-state index contributed by atoms with van der Waals surface area (Å²) in [5.41, 5.74) is 0.814. The molecule has 0 spiro atoms. The molecular formula is C15H20Cl2N2O.